The maximum absolute atomic E-state index is 12.5. The number of pyridine rings is 1. The molecule has 138 valence electrons. The van der Waals surface area contributed by atoms with Crippen molar-refractivity contribution in [3.8, 4) is 0 Å². The number of likely N-dealkylation sites (N-methyl/N-ethyl adjacent to an activating group) is 1. The van der Waals surface area contributed by atoms with E-state index in [1.54, 1.807) is 12.4 Å². The van der Waals surface area contributed by atoms with Crippen molar-refractivity contribution in [3.63, 3.8) is 0 Å². The molecule has 2 saturated heterocycles. The molecule has 0 aliphatic carbocycles. The van der Waals surface area contributed by atoms with Gasteiger partial charge in [-0.05, 0) is 44.9 Å². The molecule has 1 aromatic heterocycles. The number of ether oxygens (including phenoxy) is 1. The first-order valence-corrected chi connectivity index (χ1v) is 9.28. The highest BCUT2D eigenvalue weighted by atomic mass is 16.5. The predicted molar refractivity (Wildman–Crippen MR) is 97.1 cm³/mol. The topological polar surface area (TPSA) is 57.7 Å². The Hall–Kier alpha value is -1.66. The highest BCUT2D eigenvalue weighted by molar-refractivity contribution is 5.74. The molecule has 2 amide bonds. The highest BCUT2D eigenvalue weighted by Crippen LogP contribution is 2.34. The minimum Gasteiger partial charge on any atom is -0.376 e. The second kappa shape index (κ2) is 8.15. The van der Waals surface area contributed by atoms with Crippen molar-refractivity contribution < 1.29 is 9.53 Å². The molecule has 0 spiro atoms. The minimum atomic E-state index is 0.0187. The molecule has 0 radical (unpaired) electrons. The number of carbonyl (C=O) groups is 1. The van der Waals surface area contributed by atoms with Crippen LogP contribution in [0.1, 0.15) is 25.8 Å². The van der Waals surface area contributed by atoms with E-state index in [1.807, 2.05) is 17.0 Å². The SMILES string of the molecule is CC(C)N(C)C[C@H]1OC[C@@H]2CCN(C(=O)NCc3cccnc3)C[C@@H]21. The van der Waals surface area contributed by atoms with Crippen LogP contribution in [0.25, 0.3) is 0 Å². The maximum Gasteiger partial charge on any atom is 0.317 e. The largest absolute Gasteiger partial charge is 0.376 e. The Morgan fingerprint density at radius 3 is 3.08 bits per heavy atom. The van der Waals surface area contributed by atoms with Crippen LogP contribution in [0.2, 0.25) is 0 Å². The zero-order valence-electron chi connectivity index (χ0n) is 15.5. The Morgan fingerprint density at radius 2 is 2.36 bits per heavy atom. The Labute approximate surface area is 150 Å². The van der Waals surface area contributed by atoms with Crippen molar-refractivity contribution in [2.24, 2.45) is 11.8 Å². The molecule has 0 aromatic carbocycles. The summed E-state index contributed by atoms with van der Waals surface area (Å²) in [6.07, 6.45) is 4.79. The van der Waals surface area contributed by atoms with Crippen molar-refractivity contribution in [2.45, 2.75) is 39.0 Å². The van der Waals surface area contributed by atoms with Crippen LogP contribution in [0, 0.1) is 11.8 Å². The molecule has 1 aromatic rings. The average molecular weight is 346 g/mol. The zero-order valence-corrected chi connectivity index (χ0v) is 15.5. The van der Waals surface area contributed by atoms with E-state index in [0.717, 1.165) is 38.2 Å². The van der Waals surface area contributed by atoms with Crippen LogP contribution in [0.15, 0.2) is 24.5 Å². The summed E-state index contributed by atoms with van der Waals surface area (Å²) in [5.41, 5.74) is 1.02. The maximum atomic E-state index is 12.5. The van der Waals surface area contributed by atoms with Crippen LogP contribution in [0.4, 0.5) is 4.79 Å². The third kappa shape index (κ3) is 4.50. The van der Waals surface area contributed by atoms with E-state index in [9.17, 15) is 4.79 Å². The summed E-state index contributed by atoms with van der Waals surface area (Å²) in [5, 5.41) is 3.02. The Morgan fingerprint density at radius 1 is 1.52 bits per heavy atom. The molecule has 6 nitrogen and oxygen atoms in total. The molecule has 6 heteroatoms. The second-order valence-electron chi connectivity index (χ2n) is 7.58. The number of hydrogen-bond donors (Lipinski definition) is 1. The lowest BCUT2D eigenvalue weighted by Gasteiger charge is -2.37. The number of nitrogens with zero attached hydrogens (tertiary/aromatic N) is 3. The van der Waals surface area contributed by atoms with E-state index in [0.29, 0.717) is 24.4 Å². The zero-order chi connectivity index (χ0) is 17.8. The van der Waals surface area contributed by atoms with Crippen LogP contribution >= 0.6 is 0 Å². The van der Waals surface area contributed by atoms with Crippen LogP contribution in [0.5, 0.6) is 0 Å². The Kier molecular flexibility index (Phi) is 5.91. The summed E-state index contributed by atoms with van der Waals surface area (Å²) < 4.78 is 6.07. The number of urea groups is 1. The van der Waals surface area contributed by atoms with Crippen molar-refractivity contribution in [3.05, 3.63) is 30.1 Å². The minimum absolute atomic E-state index is 0.0187. The van der Waals surface area contributed by atoms with Crippen molar-refractivity contribution >= 4 is 6.03 Å². The molecule has 3 rings (SSSR count). The predicted octanol–water partition coefficient (Wildman–Crippen LogP) is 1.97. The van der Waals surface area contributed by atoms with E-state index in [-0.39, 0.29) is 12.1 Å². The smallest absolute Gasteiger partial charge is 0.317 e. The Balaban J connectivity index is 1.53. The van der Waals surface area contributed by atoms with Gasteiger partial charge < -0.3 is 19.9 Å². The van der Waals surface area contributed by atoms with E-state index in [2.05, 4.69) is 36.1 Å². The fourth-order valence-corrected chi connectivity index (χ4v) is 3.69. The first kappa shape index (κ1) is 18.1. The quantitative estimate of drug-likeness (QED) is 0.886. The number of aromatic nitrogens is 1. The molecule has 0 saturated carbocycles. The van der Waals surface area contributed by atoms with E-state index < -0.39 is 0 Å². The summed E-state index contributed by atoms with van der Waals surface area (Å²) in [5.74, 6) is 1.03. The first-order valence-electron chi connectivity index (χ1n) is 9.28. The molecule has 2 aliphatic rings. The van der Waals surface area contributed by atoms with Crippen molar-refractivity contribution in [1.29, 1.82) is 0 Å². The van der Waals surface area contributed by atoms with E-state index in [4.69, 9.17) is 4.74 Å². The standard InChI is InChI=1S/C19H30N4O2/c1-14(2)22(3)12-18-17-11-23(8-6-16(17)13-25-18)19(24)21-10-15-5-4-7-20-9-15/h4-5,7,9,14,16-18H,6,8,10-13H2,1-3H3,(H,21,24)/t16-,17-,18+/m0/s1. The number of carbonyl (C=O) groups excluding carboxylic acids is 1. The fraction of sp³-hybridized carbons (Fsp3) is 0.684. The third-order valence-electron chi connectivity index (χ3n) is 5.61. The molecule has 2 fully saturated rings. The molecular formula is C19H30N4O2. The number of rotatable bonds is 5. The molecule has 0 bridgehead atoms. The van der Waals surface area contributed by atoms with E-state index >= 15 is 0 Å². The van der Waals surface area contributed by atoms with Crippen molar-refractivity contribution in [2.75, 3.05) is 33.3 Å². The molecule has 1 N–H and O–H groups in total. The number of fused-ring (bicyclic) bond motifs is 1. The van der Waals surface area contributed by atoms with Crippen LogP contribution < -0.4 is 5.32 Å². The van der Waals surface area contributed by atoms with Crippen LogP contribution in [0.3, 0.4) is 0 Å². The summed E-state index contributed by atoms with van der Waals surface area (Å²) in [4.78, 5) is 20.9. The van der Waals surface area contributed by atoms with Gasteiger partial charge in [0.2, 0.25) is 0 Å². The lowest BCUT2D eigenvalue weighted by atomic mass is 9.84. The van der Waals surface area contributed by atoms with Gasteiger partial charge in [0.05, 0.1) is 12.7 Å². The molecule has 25 heavy (non-hydrogen) atoms. The lowest BCUT2D eigenvalue weighted by Crippen LogP contribution is -2.50. The summed E-state index contributed by atoms with van der Waals surface area (Å²) in [6, 6.07) is 4.39. The molecule has 3 atom stereocenters. The normalized spacial score (nSPS) is 26.1. The van der Waals surface area contributed by atoms with Gasteiger partial charge in [-0.15, -0.1) is 0 Å². The van der Waals surface area contributed by atoms with Gasteiger partial charge >= 0.3 is 6.03 Å². The number of piperidine rings is 1. The van der Waals surface area contributed by atoms with Crippen LogP contribution in [-0.4, -0.2) is 66.2 Å². The summed E-state index contributed by atoms with van der Waals surface area (Å²) >= 11 is 0. The molecule has 3 heterocycles. The first-order chi connectivity index (χ1) is 12.0. The van der Waals surface area contributed by atoms with Gasteiger partial charge in [0.1, 0.15) is 0 Å². The number of nitrogens with one attached hydrogen (secondary N) is 1. The molecular weight excluding hydrogens is 316 g/mol. The summed E-state index contributed by atoms with van der Waals surface area (Å²) in [7, 11) is 2.14. The van der Waals surface area contributed by atoms with Gasteiger partial charge in [-0.1, -0.05) is 6.07 Å². The number of amides is 2. The molecule has 2 aliphatic heterocycles. The highest BCUT2D eigenvalue weighted by Gasteiger charge is 2.42. The van der Waals surface area contributed by atoms with Crippen molar-refractivity contribution in [1.82, 2.24) is 20.1 Å². The van der Waals surface area contributed by atoms with Gasteiger partial charge in [0.15, 0.2) is 0 Å². The van der Waals surface area contributed by atoms with Gasteiger partial charge in [0.25, 0.3) is 0 Å². The number of hydrogen-bond acceptors (Lipinski definition) is 4. The molecule has 0 unspecified atom stereocenters. The van der Waals surface area contributed by atoms with E-state index in [1.165, 1.54) is 0 Å². The lowest BCUT2D eigenvalue weighted by molar-refractivity contribution is 0.0471. The summed E-state index contributed by atoms with van der Waals surface area (Å²) in [6.45, 7) is 8.30. The van der Waals surface area contributed by atoms with Gasteiger partial charge in [-0.3, -0.25) is 4.98 Å². The van der Waals surface area contributed by atoms with Gasteiger partial charge in [0, 0.05) is 50.5 Å². The monoisotopic (exact) mass is 346 g/mol. The fourth-order valence-electron chi connectivity index (χ4n) is 3.69. The second-order valence-corrected chi connectivity index (χ2v) is 7.58. The van der Waals surface area contributed by atoms with Gasteiger partial charge in [-0.25, -0.2) is 4.79 Å². The number of likely N-dealkylation sites (tertiary alicyclic amines) is 1. The Bertz CT molecular complexity index is 566. The van der Waals surface area contributed by atoms with Gasteiger partial charge in [-0.2, -0.15) is 0 Å². The average Bonchev–Trinajstić information content (AvgIpc) is 3.02. The van der Waals surface area contributed by atoms with Crippen LogP contribution in [-0.2, 0) is 11.3 Å². The third-order valence-corrected chi connectivity index (χ3v) is 5.61.